The Balaban J connectivity index is 2.17. The van der Waals surface area contributed by atoms with Crippen LogP contribution < -0.4 is 11.3 Å². The van der Waals surface area contributed by atoms with E-state index in [9.17, 15) is 4.79 Å². The highest BCUT2D eigenvalue weighted by molar-refractivity contribution is 5.95. The van der Waals surface area contributed by atoms with Crippen LogP contribution >= 0.6 is 0 Å². The minimum Gasteiger partial charge on any atom is -0.384 e. The fraction of sp³-hybridized carbons (Fsp3) is 0.600. The van der Waals surface area contributed by atoms with E-state index in [0.717, 1.165) is 25.2 Å². The number of carbonyl (C=O) groups excluding carboxylic acids is 1. The lowest BCUT2D eigenvalue weighted by Crippen LogP contribution is -2.29. The van der Waals surface area contributed by atoms with Crippen molar-refractivity contribution in [2.24, 2.45) is 11.8 Å². The molecule has 2 heterocycles. The summed E-state index contributed by atoms with van der Waals surface area (Å²) in [6, 6.07) is 3.56. The molecule has 1 saturated heterocycles. The second-order valence-electron chi connectivity index (χ2n) is 5.83. The molecule has 21 heavy (non-hydrogen) atoms. The average molecular weight is 292 g/mol. The van der Waals surface area contributed by atoms with E-state index >= 15 is 0 Å². The normalized spacial score (nSPS) is 18.3. The number of anilines is 1. The molecule has 6 heteroatoms. The molecule has 3 N–H and O–H groups in total. The first kappa shape index (κ1) is 15.7. The number of rotatable bonds is 5. The number of amides is 1. The molecule has 0 saturated carbocycles. The molecule has 116 valence electrons. The summed E-state index contributed by atoms with van der Waals surface area (Å²) in [5.74, 6) is 6.68. The van der Waals surface area contributed by atoms with Crippen LogP contribution in [-0.4, -0.2) is 42.6 Å². The molecule has 1 amide bonds. The van der Waals surface area contributed by atoms with Crippen LogP contribution in [0.4, 0.5) is 5.82 Å². The number of hydrazine groups is 1. The summed E-state index contributed by atoms with van der Waals surface area (Å²) < 4.78 is 5.17. The molecule has 1 aromatic rings. The SMILES string of the molecule is COCC1CCN(C(=O)c2cc(NN)nc(C(C)C)c2)C1. The highest BCUT2D eigenvalue weighted by Gasteiger charge is 2.27. The fourth-order valence-corrected chi connectivity index (χ4v) is 2.62. The van der Waals surface area contributed by atoms with Crippen LogP contribution in [0.2, 0.25) is 0 Å². The average Bonchev–Trinajstić information content (AvgIpc) is 2.94. The maximum Gasteiger partial charge on any atom is 0.254 e. The van der Waals surface area contributed by atoms with Gasteiger partial charge in [0.25, 0.3) is 5.91 Å². The van der Waals surface area contributed by atoms with E-state index in [-0.39, 0.29) is 11.8 Å². The third-order valence-electron chi connectivity index (χ3n) is 3.81. The van der Waals surface area contributed by atoms with Gasteiger partial charge in [-0.25, -0.2) is 10.8 Å². The highest BCUT2D eigenvalue weighted by atomic mass is 16.5. The maximum atomic E-state index is 12.6. The predicted molar refractivity (Wildman–Crippen MR) is 82.0 cm³/mol. The Hall–Kier alpha value is -1.66. The standard InChI is InChI=1S/C15H24N4O2/c1-10(2)13-6-12(7-14(17-13)18-16)15(20)19-5-4-11(8-19)9-21-3/h6-7,10-11H,4-5,8-9,16H2,1-3H3,(H,17,18). The van der Waals surface area contributed by atoms with Gasteiger partial charge in [0.1, 0.15) is 5.82 Å². The summed E-state index contributed by atoms with van der Waals surface area (Å²) in [5, 5.41) is 0. The van der Waals surface area contributed by atoms with Crippen molar-refractivity contribution in [2.75, 3.05) is 32.2 Å². The van der Waals surface area contributed by atoms with Crippen LogP contribution in [0.3, 0.4) is 0 Å². The number of nitrogens with one attached hydrogen (secondary N) is 1. The molecule has 0 bridgehead atoms. The molecule has 1 unspecified atom stereocenters. The Morgan fingerprint density at radius 3 is 2.95 bits per heavy atom. The van der Waals surface area contributed by atoms with Gasteiger partial charge in [-0.05, 0) is 24.5 Å². The van der Waals surface area contributed by atoms with Gasteiger partial charge in [0.15, 0.2) is 0 Å². The Morgan fingerprint density at radius 1 is 1.57 bits per heavy atom. The van der Waals surface area contributed by atoms with Crippen LogP contribution in [0.5, 0.6) is 0 Å². The van der Waals surface area contributed by atoms with Gasteiger partial charge >= 0.3 is 0 Å². The first-order valence-corrected chi connectivity index (χ1v) is 7.32. The molecule has 2 rings (SSSR count). The van der Waals surface area contributed by atoms with Gasteiger partial charge in [0.2, 0.25) is 0 Å². The molecular formula is C15H24N4O2. The predicted octanol–water partition coefficient (Wildman–Crippen LogP) is 1.60. The van der Waals surface area contributed by atoms with Crippen molar-refractivity contribution in [3.05, 3.63) is 23.4 Å². The fourth-order valence-electron chi connectivity index (χ4n) is 2.62. The van der Waals surface area contributed by atoms with Gasteiger partial charge in [-0.1, -0.05) is 13.8 Å². The summed E-state index contributed by atoms with van der Waals surface area (Å²) in [7, 11) is 1.70. The van der Waals surface area contributed by atoms with E-state index in [1.54, 1.807) is 13.2 Å². The minimum absolute atomic E-state index is 0.0365. The van der Waals surface area contributed by atoms with Crippen molar-refractivity contribution < 1.29 is 9.53 Å². The lowest BCUT2D eigenvalue weighted by molar-refractivity contribution is 0.0775. The number of methoxy groups -OCH3 is 1. The summed E-state index contributed by atoms with van der Waals surface area (Å²) in [6.45, 7) is 6.31. The third-order valence-corrected chi connectivity index (χ3v) is 3.81. The van der Waals surface area contributed by atoms with Crippen LogP contribution in [0.15, 0.2) is 12.1 Å². The molecular weight excluding hydrogens is 268 g/mol. The van der Waals surface area contributed by atoms with E-state index < -0.39 is 0 Å². The number of hydrogen-bond acceptors (Lipinski definition) is 5. The Kier molecular flexibility index (Phi) is 5.14. The van der Waals surface area contributed by atoms with E-state index in [0.29, 0.717) is 23.9 Å². The molecule has 0 spiro atoms. The van der Waals surface area contributed by atoms with Crippen LogP contribution in [0.25, 0.3) is 0 Å². The zero-order chi connectivity index (χ0) is 15.4. The van der Waals surface area contributed by atoms with Gasteiger partial charge in [-0.3, -0.25) is 4.79 Å². The molecule has 1 aliphatic heterocycles. The molecule has 0 aliphatic carbocycles. The number of nitrogen functional groups attached to an aromatic ring is 1. The van der Waals surface area contributed by atoms with Crippen molar-refractivity contribution in [3.8, 4) is 0 Å². The van der Waals surface area contributed by atoms with Crippen molar-refractivity contribution >= 4 is 11.7 Å². The number of carbonyl (C=O) groups is 1. The molecule has 1 atom stereocenters. The van der Waals surface area contributed by atoms with Crippen molar-refractivity contribution in [1.29, 1.82) is 0 Å². The number of nitrogens with two attached hydrogens (primary N) is 1. The molecule has 1 fully saturated rings. The third kappa shape index (κ3) is 3.71. The number of likely N-dealkylation sites (tertiary alicyclic amines) is 1. The van der Waals surface area contributed by atoms with Crippen LogP contribution in [0.1, 0.15) is 42.2 Å². The Bertz CT molecular complexity index is 504. The largest absolute Gasteiger partial charge is 0.384 e. The summed E-state index contributed by atoms with van der Waals surface area (Å²) in [6.07, 6.45) is 0.990. The lowest BCUT2D eigenvalue weighted by Gasteiger charge is -2.18. The Morgan fingerprint density at radius 2 is 2.33 bits per heavy atom. The Labute approximate surface area is 125 Å². The monoisotopic (exact) mass is 292 g/mol. The highest BCUT2D eigenvalue weighted by Crippen LogP contribution is 2.22. The van der Waals surface area contributed by atoms with Gasteiger partial charge in [0.05, 0.1) is 6.61 Å². The molecule has 0 aromatic carbocycles. The van der Waals surface area contributed by atoms with Crippen molar-refractivity contribution in [3.63, 3.8) is 0 Å². The zero-order valence-corrected chi connectivity index (χ0v) is 12.9. The zero-order valence-electron chi connectivity index (χ0n) is 12.9. The number of ether oxygens (including phenoxy) is 1. The second kappa shape index (κ2) is 6.87. The molecule has 6 nitrogen and oxygen atoms in total. The van der Waals surface area contributed by atoms with Gasteiger partial charge in [-0.2, -0.15) is 0 Å². The first-order valence-electron chi connectivity index (χ1n) is 7.32. The summed E-state index contributed by atoms with van der Waals surface area (Å²) >= 11 is 0. The van der Waals surface area contributed by atoms with Gasteiger partial charge in [0, 0.05) is 37.4 Å². The minimum atomic E-state index is 0.0365. The van der Waals surface area contributed by atoms with Crippen molar-refractivity contribution in [1.82, 2.24) is 9.88 Å². The lowest BCUT2D eigenvalue weighted by atomic mass is 10.1. The van der Waals surface area contributed by atoms with Crippen LogP contribution in [-0.2, 0) is 4.74 Å². The van der Waals surface area contributed by atoms with E-state index in [2.05, 4.69) is 10.4 Å². The van der Waals surface area contributed by atoms with Crippen LogP contribution in [0, 0.1) is 5.92 Å². The number of nitrogens with zero attached hydrogens (tertiary/aromatic N) is 2. The van der Waals surface area contributed by atoms with E-state index in [1.165, 1.54) is 0 Å². The molecule has 1 aromatic heterocycles. The summed E-state index contributed by atoms with van der Waals surface area (Å²) in [4.78, 5) is 18.9. The maximum absolute atomic E-state index is 12.6. The quantitative estimate of drug-likeness (QED) is 0.636. The van der Waals surface area contributed by atoms with E-state index in [4.69, 9.17) is 10.6 Å². The van der Waals surface area contributed by atoms with Gasteiger partial charge in [-0.15, -0.1) is 0 Å². The number of aromatic nitrogens is 1. The van der Waals surface area contributed by atoms with Gasteiger partial charge < -0.3 is 15.1 Å². The smallest absolute Gasteiger partial charge is 0.254 e. The van der Waals surface area contributed by atoms with Crippen molar-refractivity contribution in [2.45, 2.75) is 26.2 Å². The number of pyridine rings is 1. The summed E-state index contributed by atoms with van der Waals surface area (Å²) in [5.41, 5.74) is 4.04. The number of hydrogen-bond donors (Lipinski definition) is 2. The second-order valence-corrected chi connectivity index (χ2v) is 5.83. The topological polar surface area (TPSA) is 80.5 Å². The molecule has 0 radical (unpaired) electrons. The first-order chi connectivity index (χ1) is 10.0. The molecule has 1 aliphatic rings. The van der Waals surface area contributed by atoms with E-state index in [1.807, 2.05) is 24.8 Å².